The quantitative estimate of drug-likeness (QED) is 0.157. The van der Waals surface area contributed by atoms with Crippen molar-refractivity contribution >= 4 is 11.0 Å². The van der Waals surface area contributed by atoms with E-state index in [0.29, 0.717) is 50.5 Å². The Balaban J connectivity index is 1.41. The first-order chi connectivity index (χ1) is 33.5. The number of hydrogen-bond acceptors (Lipinski definition) is 3. The second-order valence-corrected chi connectivity index (χ2v) is 20.1. The number of para-hydroxylation sites is 1. The molecule has 4 nitrogen and oxygen atoms in total. The molecule has 1 N–H and O–H groups in total. The predicted octanol–water partition coefficient (Wildman–Crippen LogP) is 16.7. The molecule has 4 heteroatoms. The summed E-state index contributed by atoms with van der Waals surface area (Å²) in [5.41, 5.74) is 10.3. The van der Waals surface area contributed by atoms with Gasteiger partial charge >= 0.3 is 0 Å². The number of pyridine rings is 1. The molecule has 0 amide bonds. The standard InChI is InChI=1S/C60H65N3O/c1-36(2)41-16-14-17-42(29-41)43-22-25-54(39(7)28-43)63-55-19-15-18-50(56(55)62-58(63)52-34-45(37(3)4)33-51(38(5)6)57(52)64)46-30-47(32-49(31-46)60(11,12)13)53-35-44(26-27-61-53)40-20-23-48(24-21-40)59(8,9)10/h14-38,64H,1-13H3/i7D3,20D,21D,23D,24D,36D. The maximum Gasteiger partial charge on any atom is 0.149 e. The van der Waals surface area contributed by atoms with E-state index in [0.717, 1.165) is 44.5 Å². The largest absolute Gasteiger partial charge is 0.507 e. The van der Waals surface area contributed by atoms with Gasteiger partial charge in [-0.2, -0.15) is 0 Å². The highest BCUT2D eigenvalue weighted by Crippen LogP contribution is 2.44. The van der Waals surface area contributed by atoms with Crippen LogP contribution in [0.4, 0.5) is 0 Å². The molecule has 64 heavy (non-hydrogen) atoms. The summed E-state index contributed by atoms with van der Waals surface area (Å²) in [6.45, 7) is 21.4. The van der Waals surface area contributed by atoms with E-state index in [4.69, 9.17) is 20.9 Å². The maximum absolute atomic E-state index is 12.3. The summed E-state index contributed by atoms with van der Waals surface area (Å²) in [6, 6.07) is 32.4. The number of phenols is 1. The highest BCUT2D eigenvalue weighted by Gasteiger charge is 2.25. The van der Waals surface area contributed by atoms with Gasteiger partial charge in [0.15, 0.2) is 0 Å². The third-order valence-corrected chi connectivity index (χ3v) is 12.2. The number of imidazole rings is 1. The van der Waals surface area contributed by atoms with Gasteiger partial charge in [0, 0.05) is 22.8 Å². The van der Waals surface area contributed by atoms with Crippen LogP contribution in [0.25, 0.3) is 72.7 Å². The summed E-state index contributed by atoms with van der Waals surface area (Å²) in [5, 5.41) is 12.3. The minimum atomic E-state index is -2.58. The number of rotatable bonds is 9. The smallest absolute Gasteiger partial charge is 0.149 e. The van der Waals surface area contributed by atoms with Crippen LogP contribution in [0.15, 0.2) is 133 Å². The summed E-state index contributed by atoms with van der Waals surface area (Å²) in [5.74, 6) is -0.331. The SMILES string of the molecule is [2H]c1c([2H])c(C(C)(C)C)c([2H])c([2H])c1-c1ccnc(-c2cc(-c3cccc4c3nc(-c3cc(C(C)C)cc(C(C)C)c3O)n4-c3ccc(-c4cccc(C([2H])(C)C)c4)cc3C([2H])([2H])[2H])cc(C(C)(C)C)c2)c1. The fourth-order valence-electron chi connectivity index (χ4n) is 8.24. The van der Waals surface area contributed by atoms with Crippen molar-refractivity contribution in [2.24, 2.45) is 0 Å². The molecule has 8 aromatic rings. The van der Waals surface area contributed by atoms with E-state index in [1.54, 1.807) is 18.3 Å². The second kappa shape index (κ2) is 17.0. The zero-order valence-corrected chi connectivity index (χ0v) is 39.3. The van der Waals surface area contributed by atoms with Gasteiger partial charge in [-0.05, 0) is 145 Å². The van der Waals surface area contributed by atoms with E-state index in [2.05, 4.69) is 46.8 Å². The molecule has 0 saturated carbocycles. The first-order valence-electron chi connectivity index (χ1n) is 26.3. The Morgan fingerprint density at radius 3 is 1.97 bits per heavy atom. The van der Waals surface area contributed by atoms with E-state index in [1.807, 2.05) is 132 Å². The number of aromatic nitrogens is 3. The molecule has 0 aliphatic heterocycles. The molecular formula is C60H65N3O. The Kier molecular flexibility index (Phi) is 9.35. The lowest BCUT2D eigenvalue weighted by molar-refractivity contribution is 0.466. The molecule has 0 aliphatic rings. The van der Waals surface area contributed by atoms with Gasteiger partial charge in [-0.15, -0.1) is 0 Å². The van der Waals surface area contributed by atoms with Gasteiger partial charge in [0.1, 0.15) is 11.6 Å². The van der Waals surface area contributed by atoms with Crippen LogP contribution in [0, 0.1) is 6.85 Å². The molecule has 0 atom stereocenters. The van der Waals surface area contributed by atoms with Crippen molar-refractivity contribution in [3.63, 3.8) is 0 Å². The molecule has 2 heterocycles. The Labute approximate surface area is 393 Å². The normalized spacial score (nSPS) is 14.5. The number of nitrogens with zero attached hydrogens (tertiary/aromatic N) is 3. The molecule has 0 unspecified atom stereocenters. The van der Waals surface area contributed by atoms with Gasteiger partial charge in [0.25, 0.3) is 0 Å². The monoisotopic (exact) mass is 852 g/mol. The third-order valence-electron chi connectivity index (χ3n) is 12.2. The molecule has 2 aromatic heterocycles. The molecule has 0 fully saturated rings. The topological polar surface area (TPSA) is 50.9 Å². The first kappa shape index (κ1) is 35.1. The van der Waals surface area contributed by atoms with E-state index < -0.39 is 18.2 Å². The Morgan fingerprint density at radius 2 is 1.30 bits per heavy atom. The van der Waals surface area contributed by atoms with Crippen LogP contribution in [-0.2, 0) is 10.8 Å². The van der Waals surface area contributed by atoms with Crippen LogP contribution < -0.4 is 0 Å². The van der Waals surface area contributed by atoms with Crippen molar-refractivity contribution in [1.29, 1.82) is 0 Å². The fraction of sp³-hybridized carbons (Fsp3) is 0.300. The van der Waals surface area contributed by atoms with Gasteiger partial charge in [-0.25, -0.2) is 4.98 Å². The molecule has 6 aromatic carbocycles. The first-order valence-corrected chi connectivity index (χ1v) is 22.3. The van der Waals surface area contributed by atoms with Crippen molar-refractivity contribution in [3.8, 4) is 67.5 Å². The summed E-state index contributed by atoms with van der Waals surface area (Å²) in [7, 11) is 0. The van der Waals surface area contributed by atoms with Crippen molar-refractivity contribution in [3.05, 3.63) is 167 Å². The Hall–Kier alpha value is -6.26. The van der Waals surface area contributed by atoms with Gasteiger partial charge in [0.05, 0.1) is 33.5 Å². The van der Waals surface area contributed by atoms with Crippen LogP contribution in [0.3, 0.4) is 0 Å². The van der Waals surface area contributed by atoms with Crippen molar-refractivity contribution in [2.75, 3.05) is 0 Å². The molecule has 8 rings (SSSR count). The molecule has 0 aliphatic carbocycles. The van der Waals surface area contributed by atoms with Crippen LogP contribution >= 0.6 is 0 Å². The average molecular weight is 852 g/mol. The molecule has 0 bridgehead atoms. The zero-order valence-electron chi connectivity index (χ0n) is 47.3. The van der Waals surface area contributed by atoms with Crippen LogP contribution in [0.5, 0.6) is 5.75 Å². The molecule has 0 saturated heterocycles. The van der Waals surface area contributed by atoms with Gasteiger partial charge in [-0.1, -0.05) is 162 Å². The zero-order chi connectivity index (χ0) is 52.7. The van der Waals surface area contributed by atoms with Crippen molar-refractivity contribution < 1.29 is 16.1 Å². The van der Waals surface area contributed by atoms with Crippen LogP contribution in [-0.4, -0.2) is 19.6 Å². The Morgan fingerprint density at radius 1 is 0.609 bits per heavy atom. The highest BCUT2D eigenvalue weighted by molar-refractivity contribution is 5.97. The molecule has 326 valence electrons. The van der Waals surface area contributed by atoms with Gasteiger partial charge in [-0.3, -0.25) is 9.55 Å². The van der Waals surface area contributed by atoms with E-state index >= 15 is 0 Å². The maximum atomic E-state index is 12.3. The van der Waals surface area contributed by atoms with E-state index in [9.17, 15) is 5.11 Å². The summed E-state index contributed by atoms with van der Waals surface area (Å²) in [4.78, 5) is 10.3. The van der Waals surface area contributed by atoms with Gasteiger partial charge in [0.2, 0.25) is 0 Å². The molecule has 0 radical (unpaired) electrons. The number of aromatic hydroxyl groups is 1. The summed E-state index contributed by atoms with van der Waals surface area (Å²) in [6.07, 6.45) is 1.64. The highest BCUT2D eigenvalue weighted by atomic mass is 16.3. The third kappa shape index (κ3) is 8.68. The van der Waals surface area contributed by atoms with E-state index in [1.165, 1.54) is 0 Å². The number of phenolic OH excluding ortho intramolecular Hbond substituents is 1. The van der Waals surface area contributed by atoms with Gasteiger partial charge < -0.3 is 5.11 Å². The van der Waals surface area contributed by atoms with Crippen molar-refractivity contribution in [2.45, 2.75) is 118 Å². The second-order valence-electron chi connectivity index (χ2n) is 20.1. The van der Waals surface area contributed by atoms with E-state index in [-0.39, 0.29) is 58.3 Å². The molecular weight excluding hydrogens is 779 g/mol. The summed E-state index contributed by atoms with van der Waals surface area (Å²) >= 11 is 0. The van der Waals surface area contributed by atoms with Crippen LogP contribution in [0.1, 0.15) is 145 Å². The molecule has 0 spiro atoms. The lowest BCUT2D eigenvalue weighted by Crippen LogP contribution is -2.11. The van der Waals surface area contributed by atoms with Crippen molar-refractivity contribution in [1.82, 2.24) is 14.5 Å². The number of fused-ring (bicyclic) bond motifs is 1. The lowest BCUT2D eigenvalue weighted by atomic mass is 9.83. The minimum Gasteiger partial charge on any atom is -0.507 e. The number of benzene rings is 6. The minimum absolute atomic E-state index is 0.0329. The fourth-order valence-corrected chi connectivity index (χ4v) is 8.24. The number of hydrogen-bond donors (Lipinski definition) is 1. The average Bonchev–Trinajstić information content (AvgIpc) is 3.69. The summed E-state index contributed by atoms with van der Waals surface area (Å²) < 4.78 is 73.6. The predicted molar refractivity (Wildman–Crippen MR) is 272 cm³/mol. The lowest BCUT2D eigenvalue weighted by Gasteiger charge is -2.22. The number of aryl methyl sites for hydroxylation is 1. The Bertz CT molecular complexity index is 3390. The van der Waals surface area contributed by atoms with Crippen LogP contribution in [0.2, 0.25) is 0 Å².